The van der Waals surface area contributed by atoms with Gasteiger partial charge < -0.3 is 4.90 Å². The first kappa shape index (κ1) is 22.5. The first-order valence-corrected chi connectivity index (χ1v) is 8.19. The Bertz CT molecular complexity index is 543. The summed E-state index contributed by atoms with van der Waals surface area (Å²) in [5.41, 5.74) is -0.360. The standard InChI is InChI=1S/C17H21F8N/c1-2-26(13-7-3-5-10(19)14(13)22)9-12(21)16(24)17(25)15(23)11(20)6-4-8-18/h3,5,7,11-12,15-17H,2,4,6,8-9H2,1H3. The predicted octanol–water partition coefficient (Wildman–Crippen LogP) is 5.23. The molecule has 5 atom stereocenters. The highest BCUT2D eigenvalue weighted by molar-refractivity contribution is 5.48. The third-order valence-corrected chi connectivity index (χ3v) is 3.96. The highest BCUT2D eigenvalue weighted by Gasteiger charge is 2.40. The van der Waals surface area contributed by atoms with E-state index >= 15 is 0 Å². The Kier molecular flexibility index (Phi) is 9.15. The topological polar surface area (TPSA) is 3.24 Å². The fraction of sp³-hybridized carbons (Fsp3) is 0.647. The summed E-state index contributed by atoms with van der Waals surface area (Å²) in [4.78, 5) is 0.922. The summed E-state index contributed by atoms with van der Waals surface area (Å²) in [5, 5.41) is 0. The van der Waals surface area contributed by atoms with Crippen molar-refractivity contribution in [3.63, 3.8) is 0 Å². The summed E-state index contributed by atoms with van der Waals surface area (Å²) in [5.74, 6) is -2.49. The van der Waals surface area contributed by atoms with Crippen LogP contribution in [0.15, 0.2) is 18.2 Å². The van der Waals surface area contributed by atoms with Gasteiger partial charge in [0.15, 0.2) is 36.3 Å². The zero-order valence-electron chi connectivity index (χ0n) is 14.1. The van der Waals surface area contributed by atoms with Crippen LogP contribution in [0.5, 0.6) is 0 Å². The summed E-state index contributed by atoms with van der Waals surface area (Å²) in [6.45, 7) is -0.443. The maximum Gasteiger partial charge on any atom is 0.182 e. The van der Waals surface area contributed by atoms with Crippen LogP contribution in [0.4, 0.5) is 40.8 Å². The van der Waals surface area contributed by atoms with E-state index in [9.17, 15) is 35.1 Å². The van der Waals surface area contributed by atoms with Crippen molar-refractivity contribution in [3.8, 4) is 0 Å². The van der Waals surface area contributed by atoms with Gasteiger partial charge in [-0.05, 0) is 31.9 Å². The van der Waals surface area contributed by atoms with E-state index in [-0.39, 0.29) is 18.7 Å². The average Bonchev–Trinajstić information content (AvgIpc) is 2.64. The van der Waals surface area contributed by atoms with Crippen LogP contribution in [0.3, 0.4) is 0 Å². The minimum Gasteiger partial charge on any atom is -0.366 e. The Morgan fingerprint density at radius 2 is 1.54 bits per heavy atom. The molecule has 0 fully saturated rings. The van der Waals surface area contributed by atoms with Gasteiger partial charge >= 0.3 is 0 Å². The minimum absolute atomic E-state index is 0.0637. The molecule has 0 bridgehead atoms. The van der Waals surface area contributed by atoms with Crippen molar-refractivity contribution in [1.82, 2.24) is 0 Å². The van der Waals surface area contributed by atoms with Crippen molar-refractivity contribution in [2.75, 3.05) is 24.7 Å². The van der Waals surface area contributed by atoms with Gasteiger partial charge in [0.1, 0.15) is 6.17 Å². The van der Waals surface area contributed by atoms with E-state index in [0.717, 1.165) is 23.1 Å². The maximum atomic E-state index is 14.1. The molecule has 0 N–H and O–H groups in total. The molecule has 0 saturated carbocycles. The molecule has 1 nitrogen and oxygen atoms in total. The van der Waals surface area contributed by atoms with E-state index in [1.54, 1.807) is 0 Å². The molecular formula is C17H21F8N. The molecule has 0 aromatic heterocycles. The zero-order chi connectivity index (χ0) is 19.9. The van der Waals surface area contributed by atoms with Crippen molar-refractivity contribution < 1.29 is 35.1 Å². The molecule has 0 aliphatic rings. The van der Waals surface area contributed by atoms with Gasteiger partial charge in [0.05, 0.1) is 18.9 Å². The Morgan fingerprint density at radius 1 is 0.923 bits per heavy atom. The molecule has 26 heavy (non-hydrogen) atoms. The number of rotatable bonds is 11. The van der Waals surface area contributed by atoms with Crippen LogP contribution in [-0.2, 0) is 0 Å². The molecule has 0 amide bonds. The summed E-state index contributed by atoms with van der Waals surface area (Å²) in [6, 6.07) is 3.12. The van der Waals surface area contributed by atoms with E-state index in [0.29, 0.717) is 0 Å². The van der Waals surface area contributed by atoms with Gasteiger partial charge in [0.2, 0.25) is 0 Å². The van der Waals surface area contributed by atoms with Crippen molar-refractivity contribution in [2.24, 2.45) is 0 Å². The number of halogens is 8. The van der Waals surface area contributed by atoms with Gasteiger partial charge in [-0.2, -0.15) is 0 Å². The van der Waals surface area contributed by atoms with Crippen LogP contribution in [-0.4, -0.2) is 50.6 Å². The molecule has 0 spiro atoms. The Balaban J connectivity index is 2.77. The summed E-state index contributed by atoms with van der Waals surface area (Å²) >= 11 is 0. The lowest BCUT2D eigenvalue weighted by Gasteiger charge is -2.28. The van der Waals surface area contributed by atoms with Crippen LogP contribution < -0.4 is 4.90 Å². The highest BCUT2D eigenvalue weighted by atomic mass is 19.2. The van der Waals surface area contributed by atoms with Gasteiger partial charge in [0.25, 0.3) is 0 Å². The van der Waals surface area contributed by atoms with E-state index in [1.165, 1.54) is 6.92 Å². The van der Waals surface area contributed by atoms with Gasteiger partial charge in [-0.15, -0.1) is 0 Å². The lowest BCUT2D eigenvalue weighted by molar-refractivity contribution is 0.000494. The van der Waals surface area contributed by atoms with Crippen LogP contribution in [0.1, 0.15) is 19.8 Å². The Morgan fingerprint density at radius 3 is 2.12 bits per heavy atom. The smallest absolute Gasteiger partial charge is 0.182 e. The Labute approximate surface area is 147 Å². The van der Waals surface area contributed by atoms with E-state index in [2.05, 4.69) is 0 Å². The SMILES string of the molecule is CCN(CC(F)C(F)C(F)C(F)C(F)CCCF)c1cccc(F)c1F. The number of nitrogens with zero attached hydrogens (tertiary/aromatic N) is 1. The molecule has 0 radical (unpaired) electrons. The van der Waals surface area contributed by atoms with E-state index in [4.69, 9.17) is 0 Å². The fourth-order valence-electron chi connectivity index (χ4n) is 2.45. The second kappa shape index (κ2) is 10.6. The molecule has 0 aliphatic heterocycles. The first-order chi connectivity index (χ1) is 12.2. The third kappa shape index (κ3) is 5.74. The van der Waals surface area contributed by atoms with E-state index in [1.807, 2.05) is 0 Å². The average molecular weight is 391 g/mol. The quantitative estimate of drug-likeness (QED) is 0.467. The third-order valence-electron chi connectivity index (χ3n) is 3.96. The largest absolute Gasteiger partial charge is 0.366 e. The number of hydrogen-bond donors (Lipinski definition) is 0. The lowest BCUT2D eigenvalue weighted by atomic mass is 10.0. The maximum absolute atomic E-state index is 14.1. The molecule has 1 aromatic carbocycles. The number of hydrogen-bond acceptors (Lipinski definition) is 1. The normalized spacial score (nSPS) is 17.4. The minimum atomic E-state index is -3.10. The summed E-state index contributed by atoms with van der Waals surface area (Å²) in [7, 11) is 0. The molecule has 1 rings (SSSR count). The molecular weight excluding hydrogens is 370 g/mol. The summed E-state index contributed by atoms with van der Waals surface area (Å²) < 4.78 is 108. The van der Waals surface area contributed by atoms with Crippen LogP contribution in [0.25, 0.3) is 0 Å². The van der Waals surface area contributed by atoms with Crippen LogP contribution in [0, 0.1) is 11.6 Å². The fourth-order valence-corrected chi connectivity index (χ4v) is 2.45. The molecule has 5 unspecified atom stereocenters. The van der Waals surface area contributed by atoms with Crippen molar-refractivity contribution >= 4 is 5.69 Å². The van der Waals surface area contributed by atoms with Crippen LogP contribution >= 0.6 is 0 Å². The molecule has 150 valence electrons. The van der Waals surface area contributed by atoms with Gasteiger partial charge in [-0.3, -0.25) is 4.39 Å². The van der Waals surface area contributed by atoms with Gasteiger partial charge in [-0.25, -0.2) is 30.7 Å². The lowest BCUT2D eigenvalue weighted by Crippen LogP contribution is -2.44. The number of anilines is 1. The summed E-state index contributed by atoms with van der Waals surface area (Å²) in [6.07, 6.45) is -15.2. The number of benzene rings is 1. The highest BCUT2D eigenvalue weighted by Crippen LogP contribution is 2.26. The van der Waals surface area contributed by atoms with Gasteiger partial charge in [-0.1, -0.05) is 6.07 Å². The molecule has 0 saturated heterocycles. The molecule has 0 aliphatic carbocycles. The first-order valence-electron chi connectivity index (χ1n) is 8.19. The molecule has 1 aromatic rings. The van der Waals surface area contributed by atoms with Crippen molar-refractivity contribution in [3.05, 3.63) is 29.8 Å². The second-order valence-electron chi connectivity index (χ2n) is 5.81. The zero-order valence-corrected chi connectivity index (χ0v) is 14.1. The van der Waals surface area contributed by atoms with Crippen molar-refractivity contribution in [2.45, 2.75) is 50.6 Å². The van der Waals surface area contributed by atoms with E-state index < -0.39 is 62.1 Å². The predicted molar refractivity (Wildman–Crippen MR) is 83.9 cm³/mol. The number of alkyl halides is 6. The monoisotopic (exact) mass is 391 g/mol. The van der Waals surface area contributed by atoms with Crippen LogP contribution in [0.2, 0.25) is 0 Å². The molecule has 9 heteroatoms. The van der Waals surface area contributed by atoms with Crippen molar-refractivity contribution in [1.29, 1.82) is 0 Å². The second-order valence-corrected chi connectivity index (χ2v) is 5.81. The Hall–Kier alpha value is -1.54. The molecule has 0 heterocycles. The van der Waals surface area contributed by atoms with Gasteiger partial charge in [0, 0.05) is 6.54 Å².